The zero-order chi connectivity index (χ0) is 14.4. The van der Waals surface area contributed by atoms with E-state index in [1.165, 1.54) is 0 Å². The summed E-state index contributed by atoms with van der Waals surface area (Å²) in [5.41, 5.74) is 3.33. The van der Waals surface area contributed by atoms with Crippen molar-refractivity contribution in [3.05, 3.63) is 28.8 Å². The van der Waals surface area contributed by atoms with Gasteiger partial charge in [-0.15, -0.1) is 0 Å². The molecule has 19 heavy (non-hydrogen) atoms. The van der Waals surface area contributed by atoms with Crippen LogP contribution >= 0.6 is 11.6 Å². The number of rotatable bonds is 5. The highest BCUT2D eigenvalue weighted by atomic mass is 35.5. The highest BCUT2D eigenvalue weighted by Crippen LogP contribution is 2.22. The number of nitrogens with zero attached hydrogens (tertiary/aromatic N) is 1. The molecule has 0 aliphatic heterocycles. The number of hydrazone groups is 1. The predicted molar refractivity (Wildman–Crippen MR) is 77.8 cm³/mol. The molecule has 0 aromatic heterocycles. The zero-order valence-corrected chi connectivity index (χ0v) is 12.4. The van der Waals surface area contributed by atoms with Crippen LogP contribution in [0.5, 0.6) is 5.75 Å². The fraction of sp³-hybridized carbons (Fsp3) is 0.429. The zero-order valence-electron chi connectivity index (χ0n) is 11.6. The van der Waals surface area contributed by atoms with Crippen LogP contribution in [0.3, 0.4) is 0 Å². The summed E-state index contributed by atoms with van der Waals surface area (Å²) in [6, 6.07) is 5.27. The molecule has 1 aromatic rings. The summed E-state index contributed by atoms with van der Waals surface area (Å²) in [6.07, 6.45) is 1.04. The van der Waals surface area contributed by atoms with Crippen LogP contribution in [0.2, 0.25) is 5.02 Å². The van der Waals surface area contributed by atoms with Crippen molar-refractivity contribution in [2.24, 2.45) is 11.0 Å². The molecule has 1 N–H and O–H groups in total. The Morgan fingerprint density at radius 2 is 2.11 bits per heavy atom. The van der Waals surface area contributed by atoms with Gasteiger partial charge in [0.1, 0.15) is 5.75 Å². The third-order valence-corrected chi connectivity index (χ3v) is 2.59. The maximum atomic E-state index is 11.7. The van der Waals surface area contributed by atoms with Gasteiger partial charge in [0.25, 0.3) is 5.91 Å². The van der Waals surface area contributed by atoms with Gasteiger partial charge in [-0.25, -0.2) is 5.43 Å². The van der Waals surface area contributed by atoms with Gasteiger partial charge in [0.05, 0.1) is 0 Å². The lowest BCUT2D eigenvalue weighted by Gasteiger charge is -2.15. The van der Waals surface area contributed by atoms with E-state index >= 15 is 0 Å². The molecule has 0 saturated carbocycles. The van der Waals surface area contributed by atoms with E-state index in [-0.39, 0.29) is 11.8 Å². The van der Waals surface area contributed by atoms with Crippen LogP contribution in [0, 0.1) is 12.8 Å². The summed E-state index contributed by atoms with van der Waals surface area (Å²) < 4.78 is 5.57. The van der Waals surface area contributed by atoms with Crippen LogP contribution in [-0.4, -0.2) is 18.2 Å². The molecule has 0 spiro atoms. The van der Waals surface area contributed by atoms with Crippen molar-refractivity contribution in [2.45, 2.75) is 33.8 Å². The first kappa shape index (κ1) is 15.5. The van der Waals surface area contributed by atoms with E-state index in [1.807, 2.05) is 20.8 Å². The Bertz CT molecular complexity index is 473. The molecule has 0 fully saturated rings. The van der Waals surface area contributed by atoms with E-state index in [1.54, 1.807) is 31.3 Å². The Hall–Kier alpha value is -1.55. The lowest BCUT2D eigenvalue weighted by molar-refractivity contribution is -0.127. The lowest BCUT2D eigenvalue weighted by atomic mass is 10.2. The second-order valence-electron chi connectivity index (χ2n) is 4.67. The van der Waals surface area contributed by atoms with E-state index in [2.05, 4.69) is 10.5 Å². The molecule has 0 radical (unpaired) electrons. The van der Waals surface area contributed by atoms with E-state index in [9.17, 15) is 4.79 Å². The predicted octanol–water partition coefficient (Wildman–Crippen LogP) is 3.17. The fourth-order valence-electron chi connectivity index (χ4n) is 1.33. The third-order valence-electron chi connectivity index (χ3n) is 2.36. The molecule has 0 aliphatic rings. The standard InChI is InChI=1S/C14H19ClN2O2/c1-9(2)8-16-17-14(18)11(4)19-13-6-5-12(15)7-10(13)3/h5-9,11H,1-4H3,(H,17,18)/b16-8+. The van der Waals surface area contributed by atoms with Gasteiger partial charge in [-0.2, -0.15) is 5.10 Å². The molecule has 0 bridgehead atoms. The Labute approximate surface area is 118 Å². The van der Waals surface area contributed by atoms with Crippen LogP contribution in [-0.2, 0) is 4.79 Å². The Morgan fingerprint density at radius 1 is 1.42 bits per heavy atom. The maximum Gasteiger partial charge on any atom is 0.280 e. The minimum absolute atomic E-state index is 0.286. The number of nitrogens with one attached hydrogen (secondary N) is 1. The van der Waals surface area contributed by atoms with Crippen molar-refractivity contribution < 1.29 is 9.53 Å². The molecule has 0 saturated heterocycles. The average Bonchev–Trinajstić information content (AvgIpc) is 2.32. The van der Waals surface area contributed by atoms with Gasteiger partial charge < -0.3 is 4.74 Å². The van der Waals surface area contributed by atoms with Crippen molar-refractivity contribution >= 4 is 23.7 Å². The first-order chi connectivity index (χ1) is 8.90. The number of hydrogen-bond donors (Lipinski definition) is 1. The van der Waals surface area contributed by atoms with Crippen molar-refractivity contribution in [1.82, 2.24) is 5.43 Å². The minimum atomic E-state index is -0.621. The Balaban J connectivity index is 2.58. The smallest absolute Gasteiger partial charge is 0.280 e. The van der Waals surface area contributed by atoms with Crippen molar-refractivity contribution in [3.63, 3.8) is 0 Å². The number of benzene rings is 1. The summed E-state index contributed by atoms with van der Waals surface area (Å²) in [6.45, 7) is 7.51. The van der Waals surface area contributed by atoms with Gasteiger partial charge in [0.2, 0.25) is 0 Å². The molecule has 0 aliphatic carbocycles. The summed E-state index contributed by atoms with van der Waals surface area (Å²) in [5.74, 6) is 0.640. The summed E-state index contributed by atoms with van der Waals surface area (Å²) in [7, 11) is 0. The molecular formula is C14H19ClN2O2. The maximum absolute atomic E-state index is 11.7. The number of carbonyl (C=O) groups excluding carboxylic acids is 1. The summed E-state index contributed by atoms with van der Waals surface area (Å²) >= 11 is 5.86. The average molecular weight is 283 g/mol. The van der Waals surface area contributed by atoms with E-state index in [4.69, 9.17) is 16.3 Å². The Morgan fingerprint density at radius 3 is 2.68 bits per heavy atom. The van der Waals surface area contributed by atoms with Crippen LogP contribution < -0.4 is 10.2 Å². The molecule has 0 heterocycles. The van der Waals surface area contributed by atoms with E-state index in [0.717, 1.165) is 5.56 Å². The molecule has 1 atom stereocenters. The minimum Gasteiger partial charge on any atom is -0.481 e. The number of ether oxygens (including phenoxy) is 1. The van der Waals surface area contributed by atoms with Gasteiger partial charge in [-0.1, -0.05) is 25.4 Å². The second-order valence-corrected chi connectivity index (χ2v) is 5.10. The first-order valence-corrected chi connectivity index (χ1v) is 6.53. The normalized spacial score (nSPS) is 12.7. The van der Waals surface area contributed by atoms with Gasteiger partial charge in [0.15, 0.2) is 6.10 Å². The summed E-state index contributed by atoms with van der Waals surface area (Å²) in [5, 5.41) is 4.49. The monoisotopic (exact) mass is 282 g/mol. The van der Waals surface area contributed by atoms with Gasteiger partial charge >= 0.3 is 0 Å². The number of aryl methyl sites for hydroxylation is 1. The number of carbonyl (C=O) groups is 1. The molecule has 5 heteroatoms. The Kier molecular flexibility index (Phi) is 5.83. The topological polar surface area (TPSA) is 50.7 Å². The lowest BCUT2D eigenvalue weighted by Crippen LogP contribution is -2.33. The van der Waals surface area contributed by atoms with Crippen molar-refractivity contribution in [1.29, 1.82) is 0 Å². The highest BCUT2D eigenvalue weighted by molar-refractivity contribution is 6.30. The summed E-state index contributed by atoms with van der Waals surface area (Å²) in [4.78, 5) is 11.7. The number of hydrogen-bond acceptors (Lipinski definition) is 3. The van der Waals surface area contributed by atoms with Crippen LogP contribution in [0.1, 0.15) is 26.3 Å². The fourth-order valence-corrected chi connectivity index (χ4v) is 1.56. The second kappa shape index (κ2) is 7.14. The first-order valence-electron chi connectivity index (χ1n) is 6.16. The van der Waals surface area contributed by atoms with Crippen LogP contribution in [0.15, 0.2) is 23.3 Å². The van der Waals surface area contributed by atoms with E-state index < -0.39 is 6.10 Å². The van der Waals surface area contributed by atoms with Gasteiger partial charge in [-0.3, -0.25) is 4.79 Å². The third kappa shape index (κ3) is 5.30. The largest absolute Gasteiger partial charge is 0.481 e. The number of halogens is 1. The van der Waals surface area contributed by atoms with E-state index in [0.29, 0.717) is 10.8 Å². The van der Waals surface area contributed by atoms with Gasteiger partial charge in [-0.05, 0) is 43.5 Å². The SMILES string of the molecule is Cc1cc(Cl)ccc1OC(C)C(=O)N/N=C/C(C)C. The van der Waals surface area contributed by atoms with Crippen molar-refractivity contribution in [2.75, 3.05) is 0 Å². The number of amides is 1. The molecule has 1 rings (SSSR count). The molecular weight excluding hydrogens is 264 g/mol. The molecule has 104 valence electrons. The van der Waals surface area contributed by atoms with Gasteiger partial charge in [0, 0.05) is 11.2 Å². The van der Waals surface area contributed by atoms with Crippen LogP contribution in [0.25, 0.3) is 0 Å². The molecule has 1 aromatic carbocycles. The quantitative estimate of drug-likeness (QED) is 0.666. The molecule has 4 nitrogen and oxygen atoms in total. The highest BCUT2D eigenvalue weighted by Gasteiger charge is 2.15. The van der Waals surface area contributed by atoms with Crippen LogP contribution in [0.4, 0.5) is 0 Å². The molecule has 1 unspecified atom stereocenters. The molecule has 1 amide bonds. The van der Waals surface area contributed by atoms with Crippen molar-refractivity contribution in [3.8, 4) is 5.75 Å².